The smallest absolute Gasteiger partial charge is 0.328 e. The van der Waals surface area contributed by atoms with Crippen LogP contribution in [0.5, 0.6) is 17.2 Å². The molecule has 2 aromatic carbocycles. The first-order chi connectivity index (χ1) is 14.8. The standard InChI is InChI=1S/C20H18N4O7/c1-12(20(26)27)23-16(7-8-21-23)19(25)22-13-9-14(24(28)29)11-15(10-13)31-18-6-4-3-5-17(18)30-2/h3-12H,1-2H3,(H,22,25)(H,26,27). The van der Waals surface area contributed by atoms with E-state index in [4.69, 9.17) is 9.47 Å². The number of nitro benzene ring substituents is 1. The molecule has 31 heavy (non-hydrogen) atoms. The van der Waals surface area contributed by atoms with Crippen LogP contribution in [0.3, 0.4) is 0 Å². The predicted molar refractivity (Wildman–Crippen MR) is 109 cm³/mol. The first-order valence-corrected chi connectivity index (χ1v) is 8.98. The second-order valence-electron chi connectivity index (χ2n) is 6.35. The van der Waals surface area contributed by atoms with Crippen molar-refractivity contribution >= 4 is 23.3 Å². The van der Waals surface area contributed by atoms with Crippen molar-refractivity contribution in [3.8, 4) is 17.2 Å². The first kappa shape index (κ1) is 21.3. The largest absolute Gasteiger partial charge is 0.493 e. The van der Waals surface area contributed by atoms with Gasteiger partial charge in [-0.2, -0.15) is 5.10 Å². The van der Waals surface area contributed by atoms with Gasteiger partial charge in [0.15, 0.2) is 11.5 Å². The lowest BCUT2D eigenvalue weighted by molar-refractivity contribution is -0.384. The molecule has 0 aliphatic rings. The minimum Gasteiger partial charge on any atom is -0.493 e. The third-order valence-electron chi connectivity index (χ3n) is 4.28. The second-order valence-corrected chi connectivity index (χ2v) is 6.35. The van der Waals surface area contributed by atoms with Crippen molar-refractivity contribution in [3.63, 3.8) is 0 Å². The fourth-order valence-corrected chi connectivity index (χ4v) is 2.75. The average molecular weight is 426 g/mol. The molecule has 1 amide bonds. The van der Waals surface area contributed by atoms with Gasteiger partial charge >= 0.3 is 5.97 Å². The number of benzene rings is 2. The number of hydrogen-bond acceptors (Lipinski definition) is 7. The molecule has 1 unspecified atom stereocenters. The number of rotatable bonds is 8. The van der Waals surface area contributed by atoms with Crippen LogP contribution in [-0.2, 0) is 4.79 Å². The number of anilines is 1. The number of carbonyl (C=O) groups excluding carboxylic acids is 1. The Kier molecular flexibility index (Phi) is 6.15. The fourth-order valence-electron chi connectivity index (χ4n) is 2.75. The summed E-state index contributed by atoms with van der Waals surface area (Å²) in [7, 11) is 1.46. The van der Waals surface area contributed by atoms with Gasteiger partial charge in [-0.3, -0.25) is 14.9 Å². The molecule has 160 valence electrons. The van der Waals surface area contributed by atoms with Gasteiger partial charge in [-0.15, -0.1) is 0 Å². The Morgan fingerprint density at radius 2 is 1.90 bits per heavy atom. The van der Waals surface area contributed by atoms with Crippen molar-refractivity contribution < 1.29 is 29.1 Å². The number of hydrogen-bond donors (Lipinski definition) is 2. The molecule has 0 aliphatic heterocycles. The highest BCUT2D eigenvalue weighted by atomic mass is 16.6. The molecule has 2 N–H and O–H groups in total. The van der Waals surface area contributed by atoms with Gasteiger partial charge in [0.1, 0.15) is 17.5 Å². The number of nitrogens with one attached hydrogen (secondary N) is 1. The van der Waals surface area contributed by atoms with Gasteiger partial charge in [-0.25, -0.2) is 9.48 Å². The molecule has 0 fully saturated rings. The quantitative estimate of drug-likeness (QED) is 0.411. The molecule has 11 nitrogen and oxygen atoms in total. The Bertz CT molecular complexity index is 1140. The summed E-state index contributed by atoms with van der Waals surface area (Å²) in [6.07, 6.45) is 1.29. The number of para-hydroxylation sites is 2. The lowest BCUT2D eigenvalue weighted by Gasteiger charge is -2.13. The molecule has 0 bridgehead atoms. The summed E-state index contributed by atoms with van der Waals surface area (Å²) in [6, 6.07) is 10.8. The van der Waals surface area contributed by atoms with Crippen LogP contribution in [-0.4, -0.2) is 38.8 Å². The third kappa shape index (κ3) is 4.78. The van der Waals surface area contributed by atoms with Crippen LogP contribution in [0.15, 0.2) is 54.7 Å². The Hall–Kier alpha value is -4.41. The molecule has 0 radical (unpaired) electrons. The minimum absolute atomic E-state index is 0.0198. The zero-order valence-corrected chi connectivity index (χ0v) is 16.5. The number of amides is 1. The van der Waals surface area contributed by atoms with Crippen molar-refractivity contribution in [2.75, 3.05) is 12.4 Å². The van der Waals surface area contributed by atoms with Gasteiger partial charge in [0, 0.05) is 18.3 Å². The van der Waals surface area contributed by atoms with Crippen molar-refractivity contribution in [1.29, 1.82) is 0 Å². The van der Waals surface area contributed by atoms with Crippen LogP contribution in [0.1, 0.15) is 23.5 Å². The number of methoxy groups -OCH3 is 1. The lowest BCUT2D eigenvalue weighted by Crippen LogP contribution is -2.24. The number of nitrogens with zero attached hydrogens (tertiary/aromatic N) is 3. The molecule has 3 rings (SSSR count). The molecular formula is C20H18N4O7. The number of aliphatic carboxylic acids is 1. The van der Waals surface area contributed by atoms with Gasteiger partial charge in [-0.05, 0) is 25.1 Å². The molecule has 0 saturated heterocycles. The van der Waals surface area contributed by atoms with E-state index in [1.807, 2.05) is 0 Å². The lowest BCUT2D eigenvalue weighted by atomic mass is 10.2. The van der Waals surface area contributed by atoms with Gasteiger partial charge in [-0.1, -0.05) is 12.1 Å². The highest BCUT2D eigenvalue weighted by Gasteiger charge is 2.22. The van der Waals surface area contributed by atoms with Gasteiger partial charge in [0.25, 0.3) is 11.6 Å². The van der Waals surface area contributed by atoms with Crippen LogP contribution in [0.2, 0.25) is 0 Å². The monoisotopic (exact) mass is 426 g/mol. The minimum atomic E-state index is -1.17. The Balaban J connectivity index is 1.91. The van der Waals surface area contributed by atoms with E-state index in [1.54, 1.807) is 24.3 Å². The van der Waals surface area contributed by atoms with Crippen molar-refractivity contribution in [3.05, 3.63) is 70.5 Å². The molecule has 1 atom stereocenters. The topological polar surface area (TPSA) is 146 Å². The van der Waals surface area contributed by atoms with Gasteiger partial charge in [0.05, 0.1) is 23.8 Å². The molecule has 0 spiro atoms. The van der Waals surface area contributed by atoms with Crippen molar-refractivity contribution in [2.45, 2.75) is 13.0 Å². The second kappa shape index (κ2) is 8.95. The summed E-state index contributed by atoms with van der Waals surface area (Å²) >= 11 is 0. The third-order valence-corrected chi connectivity index (χ3v) is 4.28. The van der Waals surface area contributed by atoms with Crippen LogP contribution >= 0.6 is 0 Å². The van der Waals surface area contributed by atoms with E-state index in [-0.39, 0.29) is 22.8 Å². The SMILES string of the molecule is COc1ccccc1Oc1cc(NC(=O)c2ccnn2C(C)C(=O)O)cc([N+](=O)[O-])c1. The van der Waals surface area contributed by atoms with E-state index in [0.29, 0.717) is 11.5 Å². The molecular weight excluding hydrogens is 408 g/mol. The van der Waals surface area contributed by atoms with Gasteiger partial charge < -0.3 is 19.9 Å². The van der Waals surface area contributed by atoms with E-state index in [9.17, 15) is 24.8 Å². The molecule has 1 aromatic heterocycles. The Morgan fingerprint density at radius 1 is 1.19 bits per heavy atom. The number of carboxylic acid groups (broad SMARTS) is 1. The van der Waals surface area contributed by atoms with E-state index >= 15 is 0 Å². The summed E-state index contributed by atoms with van der Waals surface area (Å²) in [5.74, 6) is -1.00. The summed E-state index contributed by atoms with van der Waals surface area (Å²) in [5, 5.41) is 26.9. The Morgan fingerprint density at radius 3 is 2.55 bits per heavy atom. The molecule has 1 heterocycles. The zero-order chi connectivity index (χ0) is 22.5. The maximum absolute atomic E-state index is 12.7. The summed E-state index contributed by atoms with van der Waals surface area (Å²) in [4.78, 5) is 34.6. The molecule has 3 aromatic rings. The summed E-state index contributed by atoms with van der Waals surface area (Å²) < 4.78 is 12.0. The average Bonchev–Trinajstić information content (AvgIpc) is 3.23. The number of nitro groups is 1. The van der Waals surface area contributed by atoms with Crippen LogP contribution < -0.4 is 14.8 Å². The fraction of sp³-hybridized carbons (Fsp3) is 0.150. The Labute approximate surface area is 176 Å². The number of carboxylic acids is 1. The molecule has 11 heteroatoms. The van der Waals surface area contributed by atoms with Crippen LogP contribution in [0, 0.1) is 10.1 Å². The molecule has 0 aliphatic carbocycles. The number of non-ortho nitro benzene ring substituents is 1. The highest BCUT2D eigenvalue weighted by Crippen LogP contribution is 2.34. The van der Waals surface area contributed by atoms with E-state index in [0.717, 1.165) is 10.7 Å². The number of carbonyl (C=O) groups is 2. The number of aromatic nitrogens is 2. The maximum atomic E-state index is 12.7. The zero-order valence-electron chi connectivity index (χ0n) is 16.5. The van der Waals surface area contributed by atoms with Crippen LogP contribution in [0.25, 0.3) is 0 Å². The first-order valence-electron chi connectivity index (χ1n) is 8.98. The maximum Gasteiger partial charge on any atom is 0.328 e. The number of ether oxygens (including phenoxy) is 2. The van der Waals surface area contributed by atoms with Crippen LogP contribution in [0.4, 0.5) is 11.4 Å². The normalized spacial score (nSPS) is 11.4. The van der Waals surface area contributed by atoms with E-state index in [2.05, 4.69) is 10.4 Å². The van der Waals surface area contributed by atoms with E-state index in [1.165, 1.54) is 38.4 Å². The molecule has 0 saturated carbocycles. The van der Waals surface area contributed by atoms with E-state index < -0.39 is 22.8 Å². The highest BCUT2D eigenvalue weighted by molar-refractivity contribution is 6.03. The summed E-state index contributed by atoms with van der Waals surface area (Å²) in [5.41, 5.74) is -0.247. The van der Waals surface area contributed by atoms with Gasteiger partial charge in [0.2, 0.25) is 0 Å². The van der Waals surface area contributed by atoms with Crippen molar-refractivity contribution in [1.82, 2.24) is 9.78 Å². The predicted octanol–water partition coefficient (Wildman–Crippen LogP) is 3.49. The van der Waals surface area contributed by atoms with Crippen molar-refractivity contribution in [2.24, 2.45) is 0 Å². The summed E-state index contributed by atoms with van der Waals surface area (Å²) in [6.45, 7) is 1.37.